The van der Waals surface area contributed by atoms with Gasteiger partial charge in [0.2, 0.25) is 23.6 Å². The summed E-state index contributed by atoms with van der Waals surface area (Å²) < 4.78 is 13.2. The Balaban J connectivity index is 1.81. The summed E-state index contributed by atoms with van der Waals surface area (Å²) in [5.74, 6) is -2.31. The zero-order valence-corrected chi connectivity index (χ0v) is 19.1. The van der Waals surface area contributed by atoms with Crippen LogP contribution in [0, 0.1) is 5.82 Å². The molecule has 2 unspecified atom stereocenters. The molecule has 34 heavy (non-hydrogen) atoms. The maximum atomic E-state index is 13.3. The average molecular weight is 469 g/mol. The van der Waals surface area contributed by atoms with Gasteiger partial charge in [-0.25, -0.2) is 4.39 Å². The molecule has 9 heteroatoms. The second-order valence-corrected chi connectivity index (χ2v) is 8.24. The Morgan fingerprint density at radius 1 is 0.853 bits per heavy atom. The fourth-order valence-corrected chi connectivity index (χ4v) is 3.82. The van der Waals surface area contributed by atoms with E-state index in [0.717, 1.165) is 5.56 Å². The monoisotopic (exact) mass is 468 g/mol. The first-order valence-electron chi connectivity index (χ1n) is 11.3. The Morgan fingerprint density at radius 2 is 1.47 bits per heavy atom. The highest BCUT2D eigenvalue weighted by Gasteiger charge is 2.30. The van der Waals surface area contributed by atoms with Gasteiger partial charge in [-0.15, -0.1) is 0 Å². The fourth-order valence-electron chi connectivity index (χ4n) is 3.82. The van der Waals surface area contributed by atoms with Crippen molar-refractivity contribution in [3.05, 3.63) is 71.5 Å². The molecule has 3 rings (SSSR count). The van der Waals surface area contributed by atoms with Crippen LogP contribution >= 0.6 is 0 Å². The summed E-state index contributed by atoms with van der Waals surface area (Å²) in [6.45, 7) is 1.61. The molecular formula is C25H29FN4O4. The molecule has 1 heterocycles. The van der Waals surface area contributed by atoms with Crippen molar-refractivity contribution in [3.63, 3.8) is 0 Å². The molecule has 2 aromatic rings. The van der Waals surface area contributed by atoms with E-state index in [9.17, 15) is 23.6 Å². The number of nitrogens with one attached hydrogen (secondary N) is 3. The lowest BCUT2D eigenvalue weighted by Crippen LogP contribution is -2.57. The number of hydrogen-bond acceptors (Lipinski definition) is 4. The van der Waals surface area contributed by atoms with Gasteiger partial charge in [0.15, 0.2) is 0 Å². The maximum absolute atomic E-state index is 13.3. The molecule has 1 aliphatic rings. The first kappa shape index (κ1) is 24.9. The number of hydrogen-bond donors (Lipinski definition) is 3. The molecule has 2 aromatic carbocycles. The van der Waals surface area contributed by atoms with Crippen LogP contribution in [0.25, 0.3) is 0 Å². The third kappa shape index (κ3) is 7.13. The van der Waals surface area contributed by atoms with Gasteiger partial charge < -0.3 is 20.9 Å². The van der Waals surface area contributed by atoms with Crippen molar-refractivity contribution in [2.45, 2.75) is 38.3 Å². The highest BCUT2D eigenvalue weighted by Crippen LogP contribution is 2.09. The molecule has 1 saturated heterocycles. The molecule has 1 aliphatic heterocycles. The molecule has 180 valence electrons. The largest absolute Gasteiger partial charge is 0.345 e. The summed E-state index contributed by atoms with van der Waals surface area (Å²) in [4.78, 5) is 52.9. The molecule has 0 saturated carbocycles. The highest BCUT2D eigenvalue weighted by molar-refractivity contribution is 5.95. The van der Waals surface area contributed by atoms with Gasteiger partial charge in [-0.3, -0.25) is 19.2 Å². The van der Waals surface area contributed by atoms with E-state index >= 15 is 0 Å². The van der Waals surface area contributed by atoms with Crippen molar-refractivity contribution in [2.24, 2.45) is 0 Å². The number of rotatable bonds is 6. The molecule has 3 N–H and O–H groups in total. The number of amides is 4. The van der Waals surface area contributed by atoms with E-state index in [1.54, 1.807) is 0 Å². The van der Waals surface area contributed by atoms with Crippen LogP contribution in [0.15, 0.2) is 54.6 Å². The van der Waals surface area contributed by atoms with Crippen LogP contribution in [0.1, 0.15) is 24.5 Å². The van der Waals surface area contributed by atoms with E-state index in [-0.39, 0.29) is 31.8 Å². The minimum Gasteiger partial charge on any atom is -0.345 e. The summed E-state index contributed by atoms with van der Waals surface area (Å²) in [5.41, 5.74) is 1.50. The van der Waals surface area contributed by atoms with Crippen LogP contribution in [0.5, 0.6) is 0 Å². The van der Waals surface area contributed by atoms with Crippen molar-refractivity contribution in [1.29, 1.82) is 0 Å². The number of halogens is 1. The molecule has 0 spiro atoms. The lowest BCUT2D eigenvalue weighted by molar-refractivity contribution is -0.140. The standard InChI is InChI=1S/C25H29FN4O4/c1-2-12-30-16-23(32)28-20(13-18-8-10-19(26)11-9-18)24(33)27-15-22(31)29-21(25(30)34)14-17-6-4-3-5-7-17/h3-11,20-21H,2,12-16H2,1H3,(H,27,33)(H,28,32)(H,29,31). The summed E-state index contributed by atoms with van der Waals surface area (Å²) >= 11 is 0. The number of carbonyl (C=O) groups excluding carboxylic acids is 4. The Bertz CT molecular complexity index is 1010. The zero-order valence-electron chi connectivity index (χ0n) is 19.1. The lowest BCUT2D eigenvalue weighted by atomic mass is 10.0. The van der Waals surface area contributed by atoms with Crippen molar-refractivity contribution in [2.75, 3.05) is 19.6 Å². The lowest BCUT2D eigenvalue weighted by Gasteiger charge is -2.29. The Labute approximate surface area is 197 Å². The van der Waals surface area contributed by atoms with Gasteiger partial charge in [0.1, 0.15) is 17.9 Å². The van der Waals surface area contributed by atoms with E-state index < -0.39 is 35.6 Å². The van der Waals surface area contributed by atoms with Crippen molar-refractivity contribution in [1.82, 2.24) is 20.9 Å². The van der Waals surface area contributed by atoms with E-state index in [1.165, 1.54) is 29.2 Å². The average Bonchev–Trinajstić information content (AvgIpc) is 2.82. The third-order valence-electron chi connectivity index (χ3n) is 5.48. The van der Waals surface area contributed by atoms with E-state index in [1.807, 2.05) is 37.3 Å². The molecule has 1 fully saturated rings. The molecule has 4 amide bonds. The predicted molar refractivity (Wildman–Crippen MR) is 124 cm³/mol. The Kier molecular flexibility index (Phi) is 8.73. The first-order valence-corrected chi connectivity index (χ1v) is 11.3. The second kappa shape index (κ2) is 11.9. The normalized spacial score (nSPS) is 20.0. The van der Waals surface area contributed by atoms with Gasteiger partial charge in [0.25, 0.3) is 0 Å². The van der Waals surface area contributed by atoms with Crippen LogP contribution < -0.4 is 16.0 Å². The van der Waals surface area contributed by atoms with Gasteiger partial charge in [-0.1, -0.05) is 49.4 Å². The summed E-state index contributed by atoms with van der Waals surface area (Å²) in [6.07, 6.45) is 0.983. The zero-order chi connectivity index (χ0) is 24.5. The van der Waals surface area contributed by atoms with Crippen LogP contribution in [0.2, 0.25) is 0 Å². The van der Waals surface area contributed by atoms with Crippen LogP contribution in [-0.4, -0.2) is 60.2 Å². The summed E-state index contributed by atoms with van der Waals surface area (Å²) in [6, 6.07) is 13.0. The summed E-state index contributed by atoms with van der Waals surface area (Å²) in [5, 5.41) is 7.90. The number of carbonyl (C=O) groups is 4. The molecular weight excluding hydrogens is 439 g/mol. The van der Waals surface area contributed by atoms with Crippen molar-refractivity contribution in [3.8, 4) is 0 Å². The van der Waals surface area contributed by atoms with Gasteiger partial charge in [0, 0.05) is 19.4 Å². The Hall–Kier alpha value is -3.75. The van der Waals surface area contributed by atoms with E-state index in [0.29, 0.717) is 18.5 Å². The van der Waals surface area contributed by atoms with Crippen LogP contribution in [-0.2, 0) is 32.0 Å². The van der Waals surface area contributed by atoms with Gasteiger partial charge in [-0.2, -0.15) is 0 Å². The van der Waals surface area contributed by atoms with Gasteiger partial charge >= 0.3 is 0 Å². The first-order chi connectivity index (χ1) is 16.4. The summed E-state index contributed by atoms with van der Waals surface area (Å²) in [7, 11) is 0. The predicted octanol–water partition coefficient (Wildman–Crippen LogP) is 0.949. The van der Waals surface area contributed by atoms with Crippen LogP contribution in [0.4, 0.5) is 4.39 Å². The molecule has 0 radical (unpaired) electrons. The molecule has 2 atom stereocenters. The van der Waals surface area contributed by atoms with Crippen molar-refractivity contribution < 1.29 is 23.6 Å². The van der Waals surface area contributed by atoms with E-state index in [4.69, 9.17) is 0 Å². The van der Waals surface area contributed by atoms with E-state index in [2.05, 4.69) is 16.0 Å². The minimum absolute atomic E-state index is 0.109. The van der Waals surface area contributed by atoms with Crippen molar-refractivity contribution >= 4 is 23.6 Å². The smallest absolute Gasteiger partial charge is 0.245 e. The van der Waals surface area contributed by atoms with Gasteiger partial charge in [-0.05, 0) is 29.7 Å². The molecule has 0 aromatic heterocycles. The quantitative estimate of drug-likeness (QED) is 0.587. The minimum atomic E-state index is -0.983. The Morgan fingerprint density at radius 3 is 2.15 bits per heavy atom. The fraction of sp³-hybridized carbons (Fsp3) is 0.360. The second-order valence-electron chi connectivity index (χ2n) is 8.24. The van der Waals surface area contributed by atoms with Gasteiger partial charge in [0.05, 0.1) is 13.1 Å². The molecule has 8 nitrogen and oxygen atoms in total. The number of benzene rings is 2. The molecule has 0 bridgehead atoms. The molecule has 0 aliphatic carbocycles. The topological polar surface area (TPSA) is 108 Å². The maximum Gasteiger partial charge on any atom is 0.245 e. The highest BCUT2D eigenvalue weighted by atomic mass is 19.1. The SMILES string of the molecule is CCCN1CC(=O)NC(Cc2ccc(F)cc2)C(=O)NCC(=O)NC(Cc2ccccc2)C1=O. The number of nitrogens with zero attached hydrogens (tertiary/aromatic N) is 1. The van der Waals surface area contributed by atoms with Crippen LogP contribution in [0.3, 0.4) is 0 Å². The third-order valence-corrected chi connectivity index (χ3v) is 5.48.